The number of nitriles is 1. The maximum absolute atomic E-state index is 9.11. The van der Waals surface area contributed by atoms with Gasteiger partial charge in [-0.3, -0.25) is 0 Å². The lowest BCUT2D eigenvalue weighted by molar-refractivity contribution is 0.266. The van der Waals surface area contributed by atoms with E-state index in [-0.39, 0.29) is 12.5 Å². The molecule has 0 saturated carbocycles. The molecule has 0 aliphatic heterocycles. The molecule has 0 saturated heterocycles. The minimum atomic E-state index is -0.0140. The summed E-state index contributed by atoms with van der Waals surface area (Å²) in [6.45, 7) is 4.35. The van der Waals surface area contributed by atoms with E-state index in [0.29, 0.717) is 17.9 Å². The third-order valence-corrected chi connectivity index (χ3v) is 2.26. The SMILES string of the molecule is CCOc1c(C#N)cccc1C(C)CO. The number of aliphatic hydroxyl groups excluding tert-OH is 1. The Morgan fingerprint density at radius 3 is 2.80 bits per heavy atom. The Labute approximate surface area is 89.9 Å². The topological polar surface area (TPSA) is 53.2 Å². The zero-order valence-electron chi connectivity index (χ0n) is 9.03. The first-order valence-corrected chi connectivity index (χ1v) is 5.01. The summed E-state index contributed by atoms with van der Waals surface area (Å²) < 4.78 is 5.45. The molecule has 1 rings (SSSR count). The molecule has 80 valence electrons. The lowest BCUT2D eigenvalue weighted by atomic mass is 9.98. The van der Waals surface area contributed by atoms with Crippen molar-refractivity contribution in [1.29, 1.82) is 5.26 Å². The van der Waals surface area contributed by atoms with Gasteiger partial charge in [0.15, 0.2) is 0 Å². The molecule has 0 aliphatic rings. The molecule has 1 aromatic rings. The van der Waals surface area contributed by atoms with Gasteiger partial charge in [0.2, 0.25) is 0 Å². The average molecular weight is 205 g/mol. The molecular formula is C12H15NO2. The summed E-state index contributed by atoms with van der Waals surface area (Å²) in [5.41, 5.74) is 1.41. The van der Waals surface area contributed by atoms with E-state index >= 15 is 0 Å². The zero-order chi connectivity index (χ0) is 11.3. The van der Waals surface area contributed by atoms with Gasteiger partial charge in [0.1, 0.15) is 11.8 Å². The molecule has 3 heteroatoms. The van der Waals surface area contributed by atoms with Gasteiger partial charge in [-0.2, -0.15) is 5.26 Å². The van der Waals surface area contributed by atoms with Crippen molar-refractivity contribution in [2.24, 2.45) is 0 Å². The van der Waals surface area contributed by atoms with Gasteiger partial charge in [0, 0.05) is 18.1 Å². The fourth-order valence-corrected chi connectivity index (χ4v) is 1.43. The van der Waals surface area contributed by atoms with E-state index in [1.807, 2.05) is 26.0 Å². The summed E-state index contributed by atoms with van der Waals surface area (Å²) in [6.07, 6.45) is 0. The Bertz CT molecular complexity index is 368. The highest BCUT2D eigenvalue weighted by Crippen LogP contribution is 2.29. The standard InChI is InChI=1S/C12H15NO2/c1-3-15-12-10(7-13)5-4-6-11(12)9(2)8-14/h4-6,9,14H,3,8H2,1-2H3. The number of benzene rings is 1. The van der Waals surface area contributed by atoms with Crippen LogP contribution >= 0.6 is 0 Å². The smallest absolute Gasteiger partial charge is 0.140 e. The highest BCUT2D eigenvalue weighted by molar-refractivity contribution is 5.49. The van der Waals surface area contributed by atoms with Gasteiger partial charge < -0.3 is 9.84 Å². The summed E-state index contributed by atoms with van der Waals surface area (Å²) in [5.74, 6) is 0.587. The largest absolute Gasteiger partial charge is 0.492 e. The number of hydrogen-bond donors (Lipinski definition) is 1. The van der Waals surface area contributed by atoms with Crippen LogP contribution in [0.3, 0.4) is 0 Å². The first-order chi connectivity index (χ1) is 7.24. The molecule has 3 nitrogen and oxygen atoms in total. The summed E-state index contributed by atoms with van der Waals surface area (Å²) in [4.78, 5) is 0. The molecule has 0 radical (unpaired) electrons. The van der Waals surface area contributed by atoms with Gasteiger partial charge in [-0.1, -0.05) is 19.1 Å². The van der Waals surface area contributed by atoms with Crippen LogP contribution in [0.25, 0.3) is 0 Å². The molecule has 1 N–H and O–H groups in total. The molecule has 1 aromatic carbocycles. The number of para-hydroxylation sites is 1. The number of aliphatic hydroxyl groups is 1. The predicted octanol–water partition coefficient (Wildman–Crippen LogP) is 2.05. The number of nitrogens with zero attached hydrogens (tertiary/aromatic N) is 1. The molecule has 15 heavy (non-hydrogen) atoms. The minimum Gasteiger partial charge on any atom is -0.492 e. The second kappa shape index (κ2) is 5.38. The van der Waals surface area contributed by atoms with Crippen molar-refractivity contribution < 1.29 is 9.84 Å². The van der Waals surface area contributed by atoms with Crippen molar-refractivity contribution in [3.05, 3.63) is 29.3 Å². The third kappa shape index (κ3) is 2.48. The van der Waals surface area contributed by atoms with Crippen molar-refractivity contribution in [2.45, 2.75) is 19.8 Å². The highest BCUT2D eigenvalue weighted by Gasteiger charge is 2.14. The van der Waals surface area contributed by atoms with E-state index in [1.165, 1.54) is 0 Å². The van der Waals surface area contributed by atoms with Crippen molar-refractivity contribution in [3.8, 4) is 11.8 Å². The average Bonchev–Trinajstić information content (AvgIpc) is 2.28. The first-order valence-electron chi connectivity index (χ1n) is 5.01. The van der Waals surface area contributed by atoms with Crippen LogP contribution in [0.5, 0.6) is 5.75 Å². The van der Waals surface area contributed by atoms with Gasteiger partial charge in [-0.25, -0.2) is 0 Å². The fourth-order valence-electron chi connectivity index (χ4n) is 1.43. The zero-order valence-corrected chi connectivity index (χ0v) is 9.03. The molecular weight excluding hydrogens is 190 g/mol. The Morgan fingerprint density at radius 1 is 1.53 bits per heavy atom. The van der Waals surface area contributed by atoms with Crippen molar-refractivity contribution >= 4 is 0 Å². The predicted molar refractivity (Wildman–Crippen MR) is 57.8 cm³/mol. The van der Waals surface area contributed by atoms with Crippen LogP contribution in [0.2, 0.25) is 0 Å². The second-order valence-corrected chi connectivity index (χ2v) is 3.35. The summed E-state index contributed by atoms with van der Waals surface area (Å²) in [6, 6.07) is 7.50. The fraction of sp³-hybridized carbons (Fsp3) is 0.417. The minimum absolute atomic E-state index is 0.0140. The maximum Gasteiger partial charge on any atom is 0.140 e. The molecule has 0 heterocycles. The molecule has 0 spiro atoms. The van der Waals surface area contributed by atoms with E-state index in [2.05, 4.69) is 6.07 Å². The van der Waals surface area contributed by atoms with E-state index in [9.17, 15) is 0 Å². The van der Waals surface area contributed by atoms with Gasteiger partial charge in [-0.05, 0) is 13.0 Å². The Kier molecular flexibility index (Phi) is 4.14. The molecule has 0 bridgehead atoms. The Balaban J connectivity index is 3.20. The van der Waals surface area contributed by atoms with Crippen LogP contribution in [-0.4, -0.2) is 18.3 Å². The van der Waals surface area contributed by atoms with E-state index in [1.54, 1.807) is 6.07 Å². The molecule has 1 unspecified atom stereocenters. The number of hydrogen-bond acceptors (Lipinski definition) is 3. The van der Waals surface area contributed by atoms with Crippen LogP contribution < -0.4 is 4.74 Å². The lowest BCUT2D eigenvalue weighted by Gasteiger charge is -2.15. The molecule has 0 amide bonds. The van der Waals surface area contributed by atoms with Crippen LogP contribution in [-0.2, 0) is 0 Å². The van der Waals surface area contributed by atoms with Crippen LogP contribution in [0.4, 0.5) is 0 Å². The number of rotatable bonds is 4. The third-order valence-electron chi connectivity index (χ3n) is 2.26. The van der Waals surface area contributed by atoms with Crippen molar-refractivity contribution in [1.82, 2.24) is 0 Å². The van der Waals surface area contributed by atoms with Gasteiger partial charge >= 0.3 is 0 Å². The summed E-state index contributed by atoms with van der Waals surface area (Å²) in [5, 5.41) is 18.0. The van der Waals surface area contributed by atoms with Gasteiger partial charge in [-0.15, -0.1) is 0 Å². The van der Waals surface area contributed by atoms with Crippen molar-refractivity contribution in [3.63, 3.8) is 0 Å². The lowest BCUT2D eigenvalue weighted by Crippen LogP contribution is -2.05. The van der Waals surface area contributed by atoms with Crippen LogP contribution in [0, 0.1) is 11.3 Å². The quantitative estimate of drug-likeness (QED) is 0.818. The Morgan fingerprint density at radius 2 is 2.27 bits per heavy atom. The van der Waals surface area contributed by atoms with E-state index in [4.69, 9.17) is 15.1 Å². The molecule has 0 aromatic heterocycles. The molecule has 0 aliphatic carbocycles. The summed E-state index contributed by atoms with van der Waals surface area (Å²) >= 11 is 0. The second-order valence-electron chi connectivity index (χ2n) is 3.35. The van der Waals surface area contributed by atoms with Crippen molar-refractivity contribution in [2.75, 3.05) is 13.2 Å². The normalized spacial score (nSPS) is 11.9. The molecule has 0 fully saturated rings. The van der Waals surface area contributed by atoms with E-state index in [0.717, 1.165) is 5.56 Å². The highest BCUT2D eigenvalue weighted by atomic mass is 16.5. The first kappa shape index (κ1) is 11.5. The maximum atomic E-state index is 9.11. The summed E-state index contributed by atoms with van der Waals surface area (Å²) in [7, 11) is 0. The monoisotopic (exact) mass is 205 g/mol. The van der Waals surface area contributed by atoms with Crippen LogP contribution in [0.15, 0.2) is 18.2 Å². The number of ether oxygens (including phenoxy) is 1. The van der Waals surface area contributed by atoms with Gasteiger partial charge in [0.05, 0.1) is 12.2 Å². The van der Waals surface area contributed by atoms with E-state index < -0.39 is 0 Å². The van der Waals surface area contributed by atoms with Crippen LogP contribution in [0.1, 0.15) is 30.9 Å². The molecule has 1 atom stereocenters. The Hall–Kier alpha value is -1.53. The van der Waals surface area contributed by atoms with Gasteiger partial charge in [0.25, 0.3) is 0 Å².